The number of benzene rings is 1. The summed E-state index contributed by atoms with van der Waals surface area (Å²) in [5, 5.41) is 3.82. The lowest BCUT2D eigenvalue weighted by atomic mass is 9.77. The minimum absolute atomic E-state index is 0.441. The molecule has 2 rings (SSSR count). The van der Waals surface area contributed by atoms with E-state index < -0.39 is 0 Å². The molecule has 1 saturated carbocycles. The number of halogens is 1. The summed E-state index contributed by atoms with van der Waals surface area (Å²) in [7, 11) is 0. The second kappa shape index (κ2) is 6.21. The quantitative estimate of drug-likeness (QED) is 0.835. The van der Waals surface area contributed by atoms with Crippen molar-refractivity contribution < 1.29 is 0 Å². The van der Waals surface area contributed by atoms with Gasteiger partial charge in [-0.25, -0.2) is 0 Å². The Labute approximate surface area is 119 Å². The number of nitrogens with one attached hydrogen (secondary N) is 1. The average molecular weight is 310 g/mol. The van der Waals surface area contributed by atoms with Crippen LogP contribution >= 0.6 is 15.9 Å². The highest BCUT2D eigenvalue weighted by atomic mass is 79.9. The van der Waals surface area contributed by atoms with E-state index in [1.54, 1.807) is 0 Å². The zero-order valence-electron chi connectivity index (χ0n) is 11.6. The van der Waals surface area contributed by atoms with E-state index in [9.17, 15) is 0 Å². The summed E-state index contributed by atoms with van der Waals surface area (Å²) in [5.74, 6) is 1.64. The lowest BCUT2D eigenvalue weighted by Crippen LogP contribution is -2.41. The third-order valence-electron chi connectivity index (χ3n) is 4.54. The minimum atomic E-state index is 0.441. The topological polar surface area (TPSA) is 12.0 Å². The van der Waals surface area contributed by atoms with Crippen LogP contribution in [0.1, 0.15) is 51.6 Å². The largest absolute Gasteiger partial charge is 0.307 e. The van der Waals surface area contributed by atoms with E-state index in [4.69, 9.17) is 0 Å². The highest BCUT2D eigenvalue weighted by molar-refractivity contribution is 9.10. The third-order valence-corrected chi connectivity index (χ3v) is 5.07. The maximum absolute atomic E-state index is 3.82. The van der Waals surface area contributed by atoms with Crippen molar-refractivity contribution in [3.8, 4) is 0 Å². The van der Waals surface area contributed by atoms with Crippen molar-refractivity contribution in [2.75, 3.05) is 0 Å². The Kier molecular flexibility index (Phi) is 4.85. The molecule has 18 heavy (non-hydrogen) atoms. The molecule has 0 aromatic heterocycles. The smallest absolute Gasteiger partial charge is 0.0294 e. The van der Waals surface area contributed by atoms with Crippen molar-refractivity contribution in [3.05, 3.63) is 34.3 Å². The molecule has 1 aromatic rings. The van der Waals surface area contributed by atoms with Gasteiger partial charge in [-0.05, 0) is 42.9 Å². The van der Waals surface area contributed by atoms with Crippen LogP contribution in [0.15, 0.2) is 28.7 Å². The van der Waals surface area contributed by atoms with E-state index in [1.165, 1.54) is 24.8 Å². The van der Waals surface area contributed by atoms with Crippen LogP contribution in [0, 0.1) is 11.8 Å². The van der Waals surface area contributed by atoms with Crippen LogP contribution in [0.2, 0.25) is 0 Å². The van der Waals surface area contributed by atoms with Gasteiger partial charge in [0.15, 0.2) is 0 Å². The Balaban J connectivity index is 1.98. The van der Waals surface area contributed by atoms with Crippen LogP contribution in [0.4, 0.5) is 0 Å². The van der Waals surface area contributed by atoms with Gasteiger partial charge in [-0.2, -0.15) is 0 Å². The average Bonchev–Trinajstić information content (AvgIpc) is 2.36. The molecule has 1 N–H and O–H groups in total. The van der Waals surface area contributed by atoms with Crippen LogP contribution in [0.25, 0.3) is 0 Å². The fourth-order valence-corrected chi connectivity index (χ4v) is 3.25. The fraction of sp³-hybridized carbons (Fsp3) is 0.625. The van der Waals surface area contributed by atoms with Gasteiger partial charge in [0.25, 0.3) is 0 Å². The highest BCUT2D eigenvalue weighted by Gasteiger charge is 2.27. The van der Waals surface area contributed by atoms with Gasteiger partial charge in [0, 0.05) is 16.6 Å². The Hall–Kier alpha value is -0.340. The van der Waals surface area contributed by atoms with Crippen molar-refractivity contribution in [1.29, 1.82) is 0 Å². The Morgan fingerprint density at radius 1 is 1.17 bits per heavy atom. The van der Waals surface area contributed by atoms with Gasteiger partial charge in [0.05, 0.1) is 0 Å². The van der Waals surface area contributed by atoms with Crippen molar-refractivity contribution in [3.63, 3.8) is 0 Å². The second-order valence-electron chi connectivity index (χ2n) is 5.81. The van der Waals surface area contributed by atoms with Gasteiger partial charge in [0.1, 0.15) is 0 Å². The van der Waals surface area contributed by atoms with Crippen LogP contribution < -0.4 is 5.32 Å². The molecule has 1 nitrogen and oxygen atoms in total. The SMILES string of the molecule is CC(NC1CCCC(C)C1C)c1ccc(Br)cc1. The molecule has 1 fully saturated rings. The molecule has 2 heteroatoms. The maximum atomic E-state index is 3.82. The summed E-state index contributed by atoms with van der Waals surface area (Å²) in [6.07, 6.45) is 4.09. The molecule has 0 radical (unpaired) electrons. The van der Waals surface area contributed by atoms with Crippen molar-refractivity contribution >= 4 is 15.9 Å². The Bertz CT molecular complexity index is 373. The molecule has 4 unspecified atom stereocenters. The molecule has 1 aliphatic carbocycles. The summed E-state index contributed by atoms with van der Waals surface area (Å²) in [4.78, 5) is 0. The lowest BCUT2D eigenvalue weighted by Gasteiger charge is -2.36. The summed E-state index contributed by atoms with van der Waals surface area (Å²) >= 11 is 3.49. The number of rotatable bonds is 3. The van der Waals surface area contributed by atoms with Crippen LogP contribution in [-0.2, 0) is 0 Å². The Morgan fingerprint density at radius 2 is 1.83 bits per heavy atom. The first kappa shape index (κ1) is 14.1. The molecular formula is C16H24BrN. The molecule has 100 valence electrons. The third kappa shape index (κ3) is 3.36. The monoisotopic (exact) mass is 309 g/mol. The van der Waals surface area contributed by atoms with Crippen molar-refractivity contribution in [2.45, 2.75) is 52.1 Å². The Morgan fingerprint density at radius 3 is 2.50 bits per heavy atom. The zero-order chi connectivity index (χ0) is 13.1. The number of hydrogen-bond acceptors (Lipinski definition) is 1. The molecular weight excluding hydrogens is 286 g/mol. The van der Waals surface area contributed by atoms with E-state index in [0.29, 0.717) is 12.1 Å². The van der Waals surface area contributed by atoms with E-state index in [1.807, 2.05) is 0 Å². The van der Waals surface area contributed by atoms with Crippen molar-refractivity contribution in [2.24, 2.45) is 11.8 Å². The minimum Gasteiger partial charge on any atom is -0.307 e. The first-order valence-electron chi connectivity index (χ1n) is 7.09. The first-order chi connectivity index (χ1) is 8.58. The lowest BCUT2D eigenvalue weighted by molar-refractivity contribution is 0.196. The molecule has 0 amide bonds. The van der Waals surface area contributed by atoms with E-state index in [-0.39, 0.29) is 0 Å². The molecule has 0 spiro atoms. The van der Waals surface area contributed by atoms with Gasteiger partial charge in [-0.3, -0.25) is 0 Å². The predicted octanol–water partition coefficient (Wildman–Crippen LogP) is 4.92. The molecule has 0 bridgehead atoms. The maximum Gasteiger partial charge on any atom is 0.0294 e. The highest BCUT2D eigenvalue weighted by Crippen LogP contribution is 2.31. The fourth-order valence-electron chi connectivity index (χ4n) is 2.99. The van der Waals surface area contributed by atoms with Gasteiger partial charge in [-0.15, -0.1) is 0 Å². The summed E-state index contributed by atoms with van der Waals surface area (Å²) in [5.41, 5.74) is 1.38. The summed E-state index contributed by atoms with van der Waals surface area (Å²) < 4.78 is 1.15. The second-order valence-corrected chi connectivity index (χ2v) is 6.73. The summed E-state index contributed by atoms with van der Waals surface area (Å²) in [6, 6.07) is 9.78. The first-order valence-corrected chi connectivity index (χ1v) is 7.88. The van der Waals surface area contributed by atoms with Gasteiger partial charge < -0.3 is 5.32 Å². The van der Waals surface area contributed by atoms with Crippen LogP contribution in [0.5, 0.6) is 0 Å². The number of hydrogen-bond donors (Lipinski definition) is 1. The predicted molar refractivity (Wildman–Crippen MR) is 81.7 cm³/mol. The zero-order valence-corrected chi connectivity index (χ0v) is 13.2. The molecule has 0 aliphatic heterocycles. The molecule has 1 aromatic carbocycles. The van der Waals surface area contributed by atoms with E-state index in [0.717, 1.165) is 16.3 Å². The molecule has 4 atom stereocenters. The summed E-state index contributed by atoms with van der Waals surface area (Å²) in [6.45, 7) is 7.06. The standard InChI is InChI=1S/C16H24BrN/c1-11-5-4-6-16(12(11)2)18-13(3)14-7-9-15(17)10-8-14/h7-13,16,18H,4-6H2,1-3H3. The van der Waals surface area contributed by atoms with Gasteiger partial charge >= 0.3 is 0 Å². The molecule has 0 heterocycles. The molecule has 0 saturated heterocycles. The van der Waals surface area contributed by atoms with Gasteiger partial charge in [-0.1, -0.05) is 54.8 Å². The van der Waals surface area contributed by atoms with E-state index >= 15 is 0 Å². The van der Waals surface area contributed by atoms with Gasteiger partial charge in [0.2, 0.25) is 0 Å². The normalized spacial score (nSPS) is 30.1. The van der Waals surface area contributed by atoms with E-state index in [2.05, 4.69) is 66.3 Å². The van der Waals surface area contributed by atoms with Crippen LogP contribution in [0.3, 0.4) is 0 Å². The van der Waals surface area contributed by atoms with Crippen LogP contribution in [-0.4, -0.2) is 6.04 Å². The van der Waals surface area contributed by atoms with Crippen molar-refractivity contribution in [1.82, 2.24) is 5.32 Å². The molecule has 1 aliphatic rings.